The molecule has 2 nitrogen and oxygen atoms in total. The summed E-state index contributed by atoms with van der Waals surface area (Å²) in [6.45, 7) is 0. The van der Waals surface area contributed by atoms with Gasteiger partial charge in [-0.1, -0.05) is 24.4 Å². The average molecular weight is 266 g/mol. The Morgan fingerprint density at radius 3 is 1.00 bits per heavy atom. The van der Waals surface area contributed by atoms with E-state index in [4.69, 9.17) is 0 Å². The standard InChI is InChI=1S/2C3H7NS2.Na.H/c2*1-4(2)3(5)6;;/h2*1-2H3,(H,5,6);;/q;;+1;-1. The van der Waals surface area contributed by atoms with E-state index in [9.17, 15) is 0 Å². The summed E-state index contributed by atoms with van der Waals surface area (Å²) in [5.41, 5.74) is 0. The van der Waals surface area contributed by atoms with Crippen LogP contribution in [0.2, 0.25) is 0 Å². The molecule has 0 aromatic rings. The minimum absolute atomic E-state index is 0. The molecule has 7 heteroatoms. The summed E-state index contributed by atoms with van der Waals surface area (Å²) in [4.78, 5) is 3.52. The maximum absolute atomic E-state index is 4.61. The number of thiocarbonyl (C=S) groups is 2. The van der Waals surface area contributed by atoms with Crippen LogP contribution in [0.25, 0.3) is 0 Å². The van der Waals surface area contributed by atoms with Crippen LogP contribution in [0.3, 0.4) is 0 Å². The zero-order chi connectivity index (χ0) is 10.3. The van der Waals surface area contributed by atoms with E-state index in [2.05, 4.69) is 49.7 Å². The van der Waals surface area contributed by atoms with Crippen molar-refractivity contribution < 1.29 is 31.0 Å². The van der Waals surface area contributed by atoms with Gasteiger partial charge in [0.15, 0.2) is 0 Å². The summed E-state index contributed by atoms with van der Waals surface area (Å²) in [5.74, 6) is 0. The fourth-order valence-electron chi connectivity index (χ4n) is 0. The molecule has 0 aliphatic heterocycles. The van der Waals surface area contributed by atoms with Gasteiger partial charge in [-0.3, -0.25) is 0 Å². The first-order valence-corrected chi connectivity index (χ1v) is 4.80. The van der Waals surface area contributed by atoms with Crippen LogP contribution in [0.4, 0.5) is 0 Å². The molecule has 0 aromatic heterocycles. The summed E-state index contributed by atoms with van der Waals surface area (Å²) in [7, 11) is 7.43. The van der Waals surface area contributed by atoms with E-state index in [1.54, 1.807) is 9.80 Å². The molecule has 74 valence electrons. The van der Waals surface area contributed by atoms with Gasteiger partial charge in [-0.15, -0.1) is 25.3 Å². The van der Waals surface area contributed by atoms with Crippen LogP contribution in [0.15, 0.2) is 0 Å². The smallest absolute Gasteiger partial charge is 1.00 e. The molecule has 0 aliphatic rings. The Morgan fingerprint density at radius 2 is 1.00 bits per heavy atom. The molecule has 0 atom stereocenters. The van der Waals surface area contributed by atoms with E-state index >= 15 is 0 Å². The Kier molecular flexibility index (Phi) is 17.7. The van der Waals surface area contributed by atoms with Gasteiger partial charge in [0.05, 0.1) is 0 Å². The zero-order valence-electron chi connectivity index (χ0n) is 9.61. The van der Waals surface area contributed by atoms with Gasteiger partial charge >= 0.3 is 29.6 Å². The first-order valence-electron chi connectivity index (χ1n) is 3.09. The van der Waals surface area contributed by atoms with Crippen LogP contribution in [-0.4, -0.2) is 46.6 Å². The molecule has 0 unspecified atom stereocenters. The van der Waals surface area contributed by atoms with Crippen LogP contribution in [0.1, 0.15) is 1.43 Å². The van der Waals surface area contributed by atoms with Crippen molar-refractivity contribution in [2.45, 2.75) is 0 Å². The second kappa shape index (κ2) is 11.6. The maximum Gasteiger partial charge on any atom is 1.00 e. The fourth-order valence-corrected chi connectivity index (χ4v) is 0. The molecule has 0 aliphatic carbocycles. The molecule has 0 saturated carbocycles. The minimum Gasteiger partial charge on any atom is -1.00 e. The Labute approximate surface area is 126 Å². The predicted octanol–water partition coefficient (Wildman–Crippen LogP) is -1.36. The molecular weight excluding hydrogens is 251 g/mol. The number of hydrogen-bond acceptors (Lipinski definition) is 2. The maximum atomic E-state index is 4.61. The third kappa shape index (κ3) is 19.8. The Morgan fingerprint density at radius 1 is 0.923 bits per heavy atom. The molecule has 0 heterocycles. The van der Waals surface area contributed by atoms with E-state index in [0.717, 1.165) is 0 Å². The quantitative estimate of drug-likeness (QED) is 0.318. The third-order valence-corrected chi connectivity index (χ3v) is 2.30. The number of rotatable bonds is 0. The van der Waals surface area contributed by atoms with Gasteiger partial charge in [-0.05, 0) is 0 Å². The van der Waals surface area contributed by atoms with Gasteiger partial charge in [0, 0.05) is 28.2 Å². The first kappa shape index (κ1) is 20.0. The van der Waals surface area contributed by atoms with Crippen LogP contribution >= 0.6 is 49.7 Å². The molecule has 0 aromatic carbocycles. The van der Waals surface area contributed by atoms with Crippen molar-refractivity contribution in [1.29, 1.82) is 0 Å². The topological polar surface area (TPSA) is 6.48 Å². The van der Waals surface area contributed by atoms with Crippen molar-refractivity contribution >= 4 is 58.3 Å². The summed E-state index contributed by atoms with van der Waals surface area (Å²) < 4.78 is 1.24. The van der Waals surface area contributed by atoms with E-state index in [1.165, 1.54) is 0 Å². The first-order chi connectivity index (χ1) is 5.29. The number of thiol groups is 2. The molecule has 0 N–H and O–H groups in total. The monoisotopic (exact) mass is 266 g/mol. The van der Waals surface area contributed by atoms with Gasteiger partial charge in [0.2, 0.25) is 0 Å². The van der Waals surface area contributed by atoms with E-state index in [1.807, 2.05) is 28.2 Å². The molecule has 0 radical (unpaired) electrons. The summed E-state index contributed by atoms with van der Waals surface area (Å²) in [6, 6.07) is 0. The van der Waals surface area contributed by atoms with Gasteiger partial charge in [0.1, 0.15) is 8.64 Å². The van der Waals surface area contributed by atoms with Crippen LogP contribution in [-0.2, 0) is 0 Å². The van der Waals surface area contributed by atoms with E-state index in [-0.39, 0.29) is 31.0 Å². The second-order valence-corrected chi connectivity index (χ2v) is 4.58. The van der Waals surface area contributed by atoms with E-state index < -0.39 is 0 Å². The van der Waals surface area contributed by atoms with Crippen LogP contribution < -0.4 is 29.6 Å². The minimum atomic E-state index is 0. The number of nitrogens with zero attached hydrogens (tertiary/aromatic N) is 2. The molecule has 0 fully saturated rings. The summed E-state index contributed by atoms with van der Waals surface area (Å²) >= 11 is 16.9. The molecule has 0 spiro atoms. The van der Waals surface area contributed by atoms with Gasteiger partial charge < -0.3 is 11.2 Å². The van der Waals surface area contributed by atoms with Gasteiger partial charge in [-0.2, -0.15) is 0 Å². The zero-order valence-corrected chi connectivity index (χ0v) is 14.0. The van der Waals surface area contributed by atoms with Crippen molar-refractivity contribution in [3.63, 3.8) is 0 Å². The Hall–Kier alpha value is 1.48. The molecule has 0 saturated heterocycles. The largest absolute Gasteiger partial charge is 1.00 e. The van der Waals surface area contributed by atoms with Gasteiger partial charge in [0.25, 0.3) is 0 Å². The molecule has 0 amide bonds. The van der Waals surface area contributed by atoms with E-state index in [0.29, 0.717) is 8.64 Å². The Bertz CT molecular complexity index is 148. The second-order valence-electron chi connectivity index (χ2n) is 2.35. The van der Waals surface area contributed by atoms with Crippen LogP contribution in [0.5, 0.6) is 0 Å². The Balaban J connectivity index is -0.0000000625. The summed E-state index contributed by atoms with van der Waals surface area (Å²) in [5, 5.41) is 0. The summed E-state index contributed by atoms with van der Waals surface area (Å²) in [6.07, 6.45) is 0. The average Bonchev–Trinajstić information content (AvgIpc) is 1.88. The molecule has 0 bridgehead atoms. The SMILES string of the molecule is CN(C)C(=S)S.CN(C)C(=S)S.[H-].[Na+]. The van der Waals surface area contributed by atoms with Crippen molar-refractivity contribution in [3.05, 3.63) is 0 Å². The third-order valence-electron chi connectivity index (χ3n) is 0.765. The molecular formula is C6H15N2NaS4. The molecule has 0 rings (SSSR count). The number of hydrogen-bond donors (Lipinski definition) is 2. The van der Waals surface area contributed by atoms with Crippen molar-refractivity contribution in [3.8, 4) is 0 Å². The normalized spacial score (nSPS) is 7.23. The van der Waals surface area contributed by atoms with Gasteiger partial charge in [-0.25, -0.2) is 0 Å². The van der Waals surface area contributed by atoms with Crippen LogP contribution in [0, 0.1) is 0 Å². The predicted molar refractivity (Wildman–Crippen MR) is 71.7 cm³/mol. The molecule has 13 heavy (non-hydrogen) atoms. The van der Waals surface area contributed by atoms with Crippen molar-refractivity contribution in [2.75, 3.05) is 28.2 Å². The van der Waals surface area contributed by atoms with Crippen molar-refractivity contribution in [2.24, 2.45) is 0 Å². The van der Waals surface area contributed by atoms with Crippen molar-refractivity contribution in [1.82, 2.24) is 9.80 Å². The fraction of sp³-hybridized carbons (Fsp3) is 0.667.